The van der Waals surface area contributed by atoms with Gasteiger partial charge in [0.2, 0.25) is 0 Å². The van der Waals surface area contributed by atoms with Gasteiger partial charge in [0.05, 0.1) is 13.2 Å². The lowest BCUT2D eigenvalue weighted by Crippen LogP contribution is -2.22. The lowest BCUT2D eigenvalue weighted by molar-refractivity contribution is 0.404. The van der Waals surface area contributed by atoms with Crippen LogP contribution in [-0.4, -0.2) is 13.7 Å². The lowest BCUT2D eigenvalue weighted by atomic mass is 9.98. The first-order valence-corrected chi connectivity index (χ1v) is 8.00. The van der Waals surface area contributed by atoms with Gasteiger partial charge in [0.25, 0.3) is 0 Å². The minimum atomic E-state index is 0.153. The molecule has 2 aromatic rings. The van der Waals surface area contributed by atoms with Gasteiger partial charge in [-0.15, -0.1) is 0 Å². The molecule has 0 aliphatic rings. The highest BCUT2D eigenvalue weighted by atomic mass is 79.9. The Morgan fingerprint density at radius 1 is 1.32 bits per heavy atom. The SMILES string of the molecule is CCNC(c1cscc1Br)c1cc(C)ccc1OC. The topological polar surface area (TPSA) is 21.3 Å². The number of thiophene rings is 1. The van der Waals surface area contributed by atoms with Gasteiger partial charge in [0, 0.05) is 15.4 Å². The van der Waals surface area contributed by atoms with Crippen LogP contribution in [-0.2, 0) is 0 Å². The van der Waals surface area contributed by atoms with Crippen molar-refractivity contribution in [1.82, 2.24) is 5.32 Å². The summed E-state index contributed by atoms with van der Waals surface area (Å²) in [6.45, 7) is 5.13. The standard InChI is InChI=1S/C15H18BrNOS/c1-4-17-15(12-8-19-9-13(12)16)11-7-10(2)5-6-14(11)18-3/h5-9,15,17H,4H2,1-3H3. The van der Waals surface area contributed by atoms with Crippen molar-refractivity contribution in [3.05, 3.63) is 50.1 Å². The van der Waals surface area contributed by atoms with Crippen molar-refractivity contribution in [2.24, 2.45) is 0 Å². The zero-order chi connectivity index (χ0) is 13.8. The number of aryl methyl sites for hydroxylation is 1. The molecule has 2 rings (SSSR count). The lowest BCUT2D eigenvalue weighted by Gasteiger charge is -2.21. The number of nitrogens with one attached hydrogen (secondary N) is 1. The van der Waals surface area contributed by atoms with Gasteiger partial charge < -0.3 is 10.1 Å². The van der Waals surface area contributed by atoms with Gasteiger partial charge in [0.15, 0.2) is 0 Å². The summed E-state index contributed by atoms with van der Waals surface area (Å²) in [5.41, 5.74) is 3.68. The molecule has 1 unspecified atom stereocenters. The van der Waals surface area contributed by atoms with Crippen LogP contribution in [0.4, 0.5) is 0 Å². The fourth-order valence-corrected chi connectivity index (χ4v) is 3.72. The maximum atomic E-state index is 5.51. The predicted molar refractivity (Wildman–Crippen MR) is 85.3 cm³/mol. The molecule has 0 saturated heterocycles. The average Bonchev–Trinajstić information content (AvgIpc) is 2.82. The van der Waals surface area contributed by atoms with E-state index >= 15 is 0 Å². The maximum absolute atomic E-state index is 5.51. The third-order valence-electron chi connectivity index (χ3n) is 3.06. The molecule has 1 aromatic heterocycles. The third kappa shape index (κ3) is 3.19. The molecule has 0 fully saturated rings. The highest BCUT2D eigenvalue weighted by Gasteiger charge is 2.20. The predicted octanol–water partition coefficient (Wildman–Crippen LogP) is 4.53. The summed E-state index contributed by atoms with van der Waals surface area (Å²) < 4.78 is 6.66. The first-order valence-electron chi connectivity index (χ1n) is 6.26. The van der Waals surface area contributed by atoms with E-state index in [1.165, 1.54) is 16.7 Å². The molecule has 19 heavy (non-hydrogen) atoms. The van der Waals surface area contributed by atoms with Gasteiger partial charge in [-0.2, -0.15) is 11.3 Å². The first kappa shape index (κ1) is 14.6. The van der Waals surface area contributed by atoms with Crippen LogP contribution in [0.5, 0.6) is 5.75 Å². The minimum absolute atomic E-state index is 0.153. The highest BCUT2D eigenvalue weighted by Crippen LogP contribution is 2.36. The molecule has 1 heterocycles. The van der Waals surface area contributed by atoms with E-state index in [9.17, 15) is 0 Å². The number of hydrogen-bond acceptors (Lipinski definition) is 3. The van der Waals surface area contributed by atoms with E-state index < -0.39 is 0 Å². The summed E-state index contributed by atoms with van der Waals surface area (Å²) in [5, 5.41) is 7.83. The molecule has 0 aliphatic carbocycles. The van der Waals surface area contributed by atoms with Crippen LogP contribution in [0.25, 0.3) is 0 Å². The van der Waals surface area contributed by atoms with Crippen molar-refractivity contribution in [1.29, 1.82) is 0 Å². The third-order valence-corrected chi connectivity index (χ3v) is 4.81. The Labute approximate surface area is 126 Å². The van der Waals surface area contributed by atoms with Gasteiger partial charge >= 0.3 is 0 Å². The zero-order valence-corrected chi connectivity index (χ0v) is 13.8. The number of rotatable bonds is 5. The van der Waals surface area contributed by atoms with Gasteiger partial charge in [0.1, 0.15) is 5.75 Å². The van der Waals surface area contributed by atoms with Crippen LogP contribution in [0.3, 0.4) is 0 Å². The van der Waals surface area contributed by atoms with E-state index in [1.807, 2.05) is 6.07 Å². The van der Waals surface area contributed by atoms with Gasteiger partial charge in [-0.05, 0) is 46.4 Å². The van der Waals surface area contributed by atoms with Crippen LogP contribution >= 0.6 is 27.3 Å². The minimum Gasteiger partial charge on any atom is -0.496 e. The fourth-order valence-electron chi connectivity index (χ4n) is 2.17. The Bertz CT molecular complexity index is 553. The molecule has 102 valence electrons. The molecule has 2 nitrogen and oxygen atoms in total. The molecule has 1 aromatic carbocycles. The fraction of sp³-hybridized carbons (Fsp3) is 0.333. The van der Waals surface area contributed by atoms with Crippen molar-refractivity contribution in [3.63, 3.8) is 0 Å². The second-order valence-electron chi connectivity index (χ2n) is 4.41. The summed E-state index contributed by atoms with van der Waals surface area (Å²) in [4.78, 5) is 0. The molecule has 1 atom stereocenters. The van der Waals surface area contributed by atoms with E-state index in [0.29, 0.717) is 0 Å². The molecule has 0 spiro atoms. The summed E-state index contributed by atoms with van der Waals surface area (Å²) in [5.74, 6) is 0.926. The number of hydrogen-bond donors (Lipinski definition) is 1. The van der Waals surface area contributed by atoms with Crippen LogP contribution in [0, 0.1) is 6.92 Å². The van der Waals surface area contributed by atoms with Gasteiger partial charge in [-0.25, -0.2) is 0 Å². The van der Waals surface area contributed by atoms with E-state index in [1.54, 1.807) is 18.4 Å². The molecule has 0 bridgehead atoms. The van der Waals surface area contributed by atoms with Crippen LogP contribution < -0.4 is 10.1 Å². The van der Waals surface area contributed by atoms with Crippen LogP contribution in [0.1, 0.15) is 29.7 Å². The number of halogens is 1. The number of methoxy groups -OCH3 is 1. The monoisotopic (exact) mass is 339 g/mol. The summed E-state index contributed by atoms with van der Waals surface area (Å²) >= 11 is 5.33. The van der Waals surface area contributed by atoms with Crippen molar-refractivity contribution >= 4 is 27.3 Å². The summed E-state index contributed by atoms with van der Waals surface area (Å²) in [6.07, 6.45) is 0. The van der Waals surface area contributed by atoms with Crippen LogP contribution in [0.2, 0.25) is 0 Å². The largest absolute Gasteiger partial charge is 0.496 e. The van der Waals surface area contributed by atoms with Crippen molar-refractivity contribution in [2.45, 2.75) is 19.9 Å². The Balaban J connectivity index is 2.50. The van der Waals surface area contributed by atoms with E-state index in [4.69, 9.17) is 4.74 Å². The second-order valence-corrected chi connectivity index (χ2v) is 6.01. The molecule has 1 N–H and O–H groups in total. The van der Waals surface area contributed by atoms with E-state index in [2.05, 4.69) is 58.0 Å². The molecule has 4 heteroatoms. The quantitative estimate of drug-likeness (QED) is 0.864. The van der Waals surface area contributed by atoms with Gasteiger partial charge in [-0.3, -0.25) is 0 Å². The molecule has 0 amide bonds. The van der Waals surface area contributed by atoms with Crippen molar-refractivity contribution < 1.29 is 4.74 Å². The van der Waals surface area contributed by atoms with Crippen molar-refractivity contribution in [3.8, 4) is 5.75 Å². The molecule has 0 radical (unpaired) electrons. The Hall–Kier alpha value is -0.840. The normalized spacial score (nSPS) is 12.4. The molecular weight excluding hydrogens is 322 g/mol. The Morgan fingerprint density at radius 2 is 2.11 bits per heavy atom. The molecule has 0 aliphatic heterocycles. The Kier molecular flexibility index (Phi) is 5.02. The smallest absolute Gasteiger partial charge is 0.124 e. The van der Waals surface area contributed by atoms with Gasteiger partial charge in [-0.1, -0.05) is 24.6 Å². The number of ether oxygens (including phenoxy) is 1. The van der Waals surface area contributed by atoms with E-state index in [0.717, 1.165) is 16.8 Å². The second kappa shape index (κ2) is 6.55. The maximum Gasteiger partial charge on any atom is 0.124 e. The summed E-state index contributed by atoms with van der Waals surface area (Å²) in [7, 11) is 1.72. The average molecular weight is 340 g/mol. The van der Waals surface area contributed by atoms with Crippen molar-refractivity contribution in [2.75, 3.05) is 13.7 Å². The highest BCUT2D eigenvalue weighted by molar-refractivity contribution is 9.10. The summed E-state index contributed by atoms with van der Waals surface area (Å²) in [6, 6.07) is 6.46. The number of benzene rings is 1. The zero-order valence-electron chi connectivity index (χ0n) is 11.4. The molecular formula is C15H18BrNOS. The molecule has 0 saturated carbocycles. The van der Waals surface area contributed by atoms with Crippen LogP contribution in [0.15, 0.2) is 33.4 Å². The Morgan fingerprint density at radius 3 is 2.68 bits per heavy atom. The van der Waals surface area contributed by atoms with E-state index in [-0.39, 0.29) is 6.04 Å². The first-order chi connectivity index (χ1) is 9.17.